The van der Waals surface area contributed by atoms with Gasteiger partial charge in [-0.15, -0.1) is 0 Å². The van der Waals surface area contributed by atoms with E-state index in [0.29, 0.717) is 13.0 Å². The molecule has 0 radical (unpaired) electrons. The number of rotatable bonds is 45. The highest BCUT2D eigenvalue weighted by Gasteiger charge is 2.38. The lowest BCUT2D eigenvalue weighted by Gasteiger charge is -2.33. The standard InChI is InChI=1S/C49H96O5/c1-4-5-6-7-8-9-10-17-22-27-32-37-42-49(48(53)54-46(2)3,44-39-34-29-24-19-15-16-21-26-31-36-41-47(51)52)43-38-33-28-23-18-13-11-12-14-20-25-30-35-40-45-50/h46,50H,4-45H2,1-3H3,(H,51,52). The summed E-state index contributed by atoms with van der Waals surface area (Å²) in [6, 6.07) is 0. The second-order valence-corrected chi connectivity index (χ2v) is 17.6. The second-order valence-electron chi connectivity index (χ2n) is 17.6. The van der Waals surface area contributed by atoms with Crippen molar-refractivity contribution in [2.45, 2.75) is 290 Å². The smallest absolute Gasteiger partial charge is 0.312 e. The summed E-state index contributed by atoms with van der Waals surface area (Å²) in [4.78, 5) is 24.6. The minimum absolute atomic E-state index is 0.0534. The SMILES string of the molecule is CCCCCCCCCCCCCCC(CCCCCCCCCCCCCCCCO)(CCCCCCCCCCCCCC(=O)O)C(=O)OC(C)C. The predicted molar refractivity (Wildman–Crippen MR) is 233 cm³/mol. The zero-order valence-corrected chi connectivity index (χ0v) is 36.9. The fourth-order valence-corrected chi connectivity index (χ4v) is 8.35. The second kappa shape index (κ2) is 41.5. The third-order valence-electron chi connectivity index (χ3n) is 11.9. The Bertz CT molecular complexity index is 782. The fourth-order valence-electron chi connectivity index (χ4n) is 8.35. The van der Waals surface area contributed by atoms with E-state index in [2.05, 4.69) is 6.92 Å². The summed E-state index contributed by atoms with van der Waals surface area (Å²) in [5.74, 6) is -0.577. The molecule has 0 aromatic heterocycles. The maximum absolute atomic E-state index is 13.9. The van der Waals surface area contributed by atoms with E-state index in [1.54, 1.807) is 0 Å². The predicted octanol–water partition coefficient (Wildman–Crippen LogP) is 16.0. The molecule has 322 valence electrons. The minimum Gasteiger partial charge on any atom is -0.481 e. The van der Waals surface area contributed by atoms with Gasteiger partial charge in [0.15, 0.2) is 0 Å². The van der Waals surface area contributed by atoms with Crippen LogP contribution >= 0.6 is 0 Å². The molecule has 0 rings (SSSR count). The van der Waals surface area contributed by atoms with Crippen molar-refractivity contribution >= 4 is 11.9 Å². The van der Waals surface area contributed by atoms with Crippen LogP contribution in [0.4, 0.5) is 0 Å². The van der Waals surface area contributed by atoms with Crippen LogP contribution in [0.15, 0.2) is 0 Å². The lowest BCUT2D eigenvalue weighted by Crippen LogP contribution is -2.35. The van der Waals surface area contributed by atoms with Crippen molar-refractivity contribution in [1.29, 1.82) is 0 Å². The maximum atomic E-state index is 13.9. The number of unbranched alkanes of at least 4 members (excludes halogenated alkanes) is 34. The Labute approximate surface area is 337 Å². The molecule has 0 aliphatic carbocycles. The molecule has 1 unspecified atom stereocenters. The Balaban J connectivity index is 4.68. The zero-order valence-electron chi connectivity index (χ0n) is 36.9. The van der Waals surface area contributed by atoms with Gasteiger partial charge in [-0.05, 0) is 46.0 Å². The summed E-state index contributed by atoms with van der Waals surface area (Å²) in [6.07, 6.45) is 50.3. The molecule has 0 saturated heterocycles. The molecule has 0 bridgehead atoms. The fraction of sp³-hybridized carbons (Fsp3) is 0.959. The van der Waals surface area contributed by atoms with Gasteiger partial charge in [0.25, 0.3) is 0 Å². The molecule has 5 nitrogen and oxygen atoms in total. The van der Waals surface area contributed by atoms with Crippen LogP contribution in [0, 0.1) is 5.41 Å². The van der Waals surface area contributed by atoms with Crippen molar-refractivity contribution in [3.63, 3.8) is 0 Å². The number of esters is 1. The number of carbonyl (C=O) groups excluding carboxylic acids is 1. The van der Waals surface area contributed by atoms with E-state index >= 15 is 0 Å². The molecule has 5 heteroatoms. The molecule has 0 saturated carbocycles. The van der Waals surface area contributed by atoms with E-state index in [9.17, 15) is 9.59 Å². The van der Waals surface area contributed by atoms with E-state index in [1.165, 1.54) is 193 Å². The van der Waals surface area contributed by atoms with Crippen LogP contribution in [0.1, 0.15) is 284 Å². The molecule has 0 spiro atoms. The molecule has 54 heavy (non-hydrogen) atoms. The van der Waals surface area contributed by atoms with Gasteiger partial charge in [-0.1, -0.05) is 232 Å². The molecule has 0 amide bonds. The molecule has 1 atom stereocenters. The summed E-state index contributed by atoms with van der Waals surface area (Å²) < 4.78 is 6.04. The van der Waals surface area contributed by atoms with E-state index in [1.807, 2.05) is 13.8 Å². The normalized spacial score (nSPS) is 12.8. The summed E-state index contributed by atoms with van der Waals surface area (Å²) in [5.41, 5.74) is -0.304. The number of hydrogen-bond acceptors (Lipinski definition) is 4. The van der Waals surface area contributed by atoms with E-state index in [-0.39, 0.29) is 17.5 Å². The first-order valence-electron chi connectivity index (χ1n) is 24.4. The van der Waals surface area contributed by atoms with Crippen molar-refractivity contribution in [3.8, 4) is 0 Å². The van der Waals surface area contributed by atoms with Gasteiger partial charge >= 0.3 is 11.9 Å². The van der Waals surface area contributed by atoms with Gasteiger partial charge in [0.05, 0.1) is 11.5 Å². The zero-order chi connectivity index (χ0) is 39.6. The number of aliphatic carboxylic acids is 1. The third kappa shape index (κ3) is 36.5. The quantitative estimate of drug-likeness (QED) is 0.0476. The summed E-state index contributed by atoms with van der Waals surface area (Å²) in [7, 11) is 0. The molecular formula is C49H96O5. The van der Waals surface area contributed by atoms with Crippen molar-refractivity contribution in [1.82, 2.24) is 0 Å². The average molecular weight is 765 g/mol. The molecule has 0 aliphatic rings. The first kappa shape index (κ1) is 52.9. The number of carboxylic acids is 1. The van der Waals surface area contributed by atoms with E-state index < -0.39 is 5.97 Å². The van der Waals surface area contributed by atoms with Gasteiger partial charge in [-0.25, -0.2) is 0 Å². The van der Waals surface area contributed by atoms with Crippen molar-refractivity contribution in [2.24, 2.45) is 5.41 Å². The van der Waals surface area contributed by atoms with Crippen molar-refractivity contribution < 1.29 is 24.5 Å². The number of ether oxygens (including phenoxy) is 1. The summed E-state index contributed by atoms with van der Waals surface area (Å²) >= 11 is 0. The Kier molecular flexibility index (Phi) is 40.7. The molecule has 0 aliphatic heterocycles. The van der Waals surface area contributed by atoms with Gasteiger partial charge in [0.1, 0.15) is 0 Å². The number of carboxylic acid groups (broad SMARTS) is 1. The van der Waals surface area contributed by atoms with Gasteiger partial charge in [-0.3, -0.25) is 9.59 Å². The highest BCUT2D eigenvalue weighted by atomic mass is 16.5. The van der Waals surface area contributed by atoms with Gasteiger partial charge < -0.3 is 14.9 Å². The van der Waals surface area contributed by atoms with Crippen LogP contribution in [0.3, 0.4) is 0 Å². The minimum atomic E-state index is -0.672. The summed E-state index contributed by atoms with van der Waals surface area (Å²) in [5, 5.41) is 17.7. The molecule has 2 N–H and O–H groups in total. The summed E-state index contributed by atoms with van der Waals surface area (Å²) in [6.45, 7) is 6.66. The Hall–Kier alpha value is -1.10. The number of carbonyl (C=O) groups is 2. The van der Waals surface area contributed by atoms with Crippen LogP contribution < -0.4 is 0 Å². The Morgan fingerprint density at radius 3 is 0.944 bits per heavy atom. The van der Waals surface area contributed by atoms with Crippen molar-refractivity contribution in [3.05, 3.63) is 0 Å². The molecule has 0 aromatic rings. The average Bonchev–Trinajstić information content (AvgIpc) is 3.14. The Morgan fingerprint density at radius 1 is 0.426 bits per heavy atom. The molecule has 0 aromatic carbocycles. The topological polar surface area (TPSA) is 83.8 Å². The van der Waals surface area contributed by atoms with Crippen LogP contribution in [0.2, 0.25) is 0 Å². The van der Waals surface area contributed by atoms with Crippen LogP contribution in [-0.4, -0.2) is 34.9 Å². The molecular weight excluding hydrogens is 669 g/mol. The van der Waals surface area contributed by atoms with Crippen LogP contribution in [0.25, 0.3) is 0 Å². The maximum Gasteiger partial charge on any atom is 0.312 e. The number of aliphatic hydroxyl groups excluding tert-OH is 1. The monoisotopic (exact) mass is 765 g/mol. The molecule has 0 heterocycles. The van der Waals surface area contributed by atoms with Crippen LogP contribution in [-0.2, 0) is 14.3 Å². The third-order valence-corrected chi connectivity index (χ3v) is 11.9. The lowest BCUT2D eigenvalue weighted by molar-refractivity contribution is -0.162. The molecule has 0 fully saturated rings. The Morgan fingerprint density at radius 2 is 0.685 bits per heavy atom. The van der Waals surface area contributed by atoms with E-state index in [0.717, 1.165) is 64.2 Å². The van der Waals surface area contributed by atoms with Gasteiger partial charge in [0, 0.05) is 13.0 Å². The van der Waals surface area contributed by atoms with Crippen molar-refractivity contribution in [2.75, 3.05) is 6.61 Å². The first-order chi connectivity index (χ1) is 26.4. The highest BCUT2D eigenvalue weighted by Crippen LogP contribution is 2.39. The highest BCUT2D eigenvalue weighted by molar-refractivity contribution is 5.77. The first-order valence-corrected chi connectivity index (χ1v) is 24.4. The largest absolute Gasteiger partial charge is 0.481 e. The lowest BCUT2D eigenvalue weighted by atomic mass is 9.73. The number of hydrogen-bond donors (Lipinski definition) is 2. The van der Waals surface area contributed by atoms with E-state index in [4.69, 9.17) is 14.9 Å². The number of aliphatic hydroxyl groups is 1. The van der Waals surface area contributed by atoms with Crippen LogP contribution in [0.5, 0.6) is 0 Å². The van der Waals surface area contributed by atoms with Gasteiger partial charge in [-0.2, -0.15) is 0 Å². The van der Waals surface area contributed by atoms with Gasteiger partial charge in [0.2, 0.25) is 0 Å².